The second-order valence-electron chi connectivity index (χ2n) is 6.63. The molecule has 0 unspecified atom stereocenters. The maximum Gasteiger partial charge on any atom is 0.226 e. The van der Waals surface area contributed by atoms with Crippen LogP contribution >= 0.6 is 15.9 Å². The number of nitrogens with one attached hydrogen (secondary N) is 1. The number of hydrogen-bond acceptors (Lipinski definition) is 4. The lowest BCUT2D eigenvalue weighted by Gasteiger charge is -2.23. The minimum Gasteiger partial charge on any atom is -0.497 e. The number of Topliss-reactive ketones (excluding diaryl/α,β-unsaturated/α-hetero) is 1. The van der Waals surface area contributed by atoms with Gasteiger partial charge in [0.05, 0.1) is 24.4 Å². The van der Waals surface area contributed by atoms with Gasteiger partial charge in [-0.05, 0) is 43.3 Å². The van der Waals surface area contributed by atoms with Gasteiger partial charge in [-0.1, -0.05) is 28.1 Å². The summed E-state index contributed by atoms with van der Waals surface area (Å²) >= 11 is 3.38. The molecule has 0 spiro atoms. The zero-order valence-corrected chi connectivity index (χ0v) is 17.0. The number of carbonyl (C=O) groups is 2. The molecule has 1 N–H and O–H groups in total. The van der Waals surface area contributed by atoms with Crippen molar-refractivity contribution in [1.82, 2.24) is 9.78 Å². The highest BCUT2D eigenvalue weighted by Crippen LogP contribution is 2.38. The summed E-state index contributed by atoms with van der Waals surface area (Å²) < 4.78 is 7.77. The fraction of sp³-hybridized carbons (Fsp3) is 0.190. The lowest BCUT2D eigenvalue weighted by Crippen LogP contribution is -2.28. The minimum absolute atomic E-state index is 0.0824. The Morgan fingerprint density at radius 1 is 1.18 bits per heavy atom. The number of aryl methyl sites for hydroxylation is 1. The largest absolute Gasteiger partial charge is 0.497 e. The van der Waals surface area contributed by atoms with E-state index in [9.17, 15) is 9.59 Å². The molecule has 6 nitrogen and oxygen atoms in total. The van der Waals surface area contributed by atoms with Crippen LogP contribution in [0.15, 0.2) is 53.0 Å². The molecule has 4 rings (SSSR count). The third kappa shape index (κ3) is 3.22. The number of fused-ring (bicyclic) bond motifs is 1. The number of halogens is 1. The van der Waals surface area contributed by atoms with Crippen LogP contribution in [-0.4, -0.2) is 28.6 Å². The fourth-order valence-electron chi connectivity index (χ4n) is 3.50. The molecule has 2 aromatic carbocycles. The van der Waals surface area contributed by atoms with Crippen molar-refractivity contribution in [1.29, 1.82) is 0 Å². The zero-order valence-electron chi connectivity index (χ0n) is 15.4. The van der Waals surface area contributed by atoms with Gasteiger partial charge >= 0.3 is 0 Å². The van der Waals surface area contributed by atoms with Crippen LogP contribution in [0.25, 0.3) is 5.69 Å². The summed E-state index contributed by atoms with van der Waals surface area (Å²) in [6.07, 6.45) is 0.108. The lowest BCUT2D eigenvalue weighted by atomic mass is 9.85. The average molecular weight is 440 g/mol. The number of ketones is 1. The van der Waals surface area contributed by atoms with Crippen LogP contribution in [0.5, 0.6) is 5.75 Å². The molecule has 7 heteroatoms. The average Bonchev–Trinajstić information content (AvgIpc) is 3.03. The second kappa shape index (κ2) is 7.24. The summed E-state index contributed by atoms with van der Waals surface area (Å²) in [7, 11) is 1.60. The molecule has 2 heterocycles. The van der Waals surface area contributed by atoms with E-state index in [1.54, 1.807) is 23.9 Å². The maximum atomic E-state index is 13.2. The molecule has 1 aliphatic heterocycles. The van der Waals surface area contributed by atoms with E-state index in [2.05, 4.69) is 26.3 Å². The first-order valence-corrected chi connectivity index (χ1v) is 9.61. The zero-order chi connectivity index (χ0) is 19.8. The number of benzene rings is 2. The summed E-state index contributed by atoms with van der Waals surface area (Å²) in [5.41, 5.74) is 2.84. The summed E-state index contributed by atoms with van der Waals surface area (Å²) in [5.74, 6) is 0.443. The Kier molecular flexibility index (Phi) is 4.77. The summed E-state index contributed by atoms with van der Waals surface area (Å²) in [5, 5.41) is 7.49. The van der Waals surface area contributed by atoms with Crippen LogP contribution in [0.1, 0.15) is 34.0 Å². The van der Waals surface area contributed by atoms with Crippen LogP contribution in [0.4, 0.5) is 5.82 Å². The van der Waals surface area contributed by atoms with E-state index in [4.69, 9.17) is 4.74 Å². The second-order valence-corrected chi connectivity index (χ2v) is 7.55. The minimum atomic E-state index is -0.558. The smallest absolute Gasteiger partial charge is 0.226 e. The molecule has 1 atom stereocenters. The highest BCUT2D eigenvalue weighted by Gasteiger charge is 2.36. The van der Waals surface area contributed by atoms with Gasteiger partial charge in [-0.15, -0.1) is 0 Å². The third-order valence-electron chi connectivity index (χ3n) is 4.86. The van der Waals surface area contributed by atoms with E-state index >= 15 is 0 Å². The predicted molar refractivity (Wildman–Crippen MR) is 109 cm³/mol. The van der Waals surface area contributed by atoms with Gasteiger partial charge in [0, 0.05) is 22.0 Å². The van der Waals surface area contributed by atoms with Crippen molar-refractivity contribution in [2.24, 2.45) is 0 Å². The van der Waals surface area contributed by atoms with Gasteiger partial charge in [0.1, 0.15) is 11.6 Å². The van der Waals surface area contributed by atoms with E-state index in [1.165, 1.54) is 0 Å². The monoisotopic (exact) mass is 439 g/mol. The Labute approximate surface area is 170 Å². The van der Waals surface area contributed by atoms with Gasteiger partial charge in [0.25, 0.3) is 0 Å². The van der Waals surface area contributed by atoms with Crippen LogP contribution in [-0.2, 0) is 4.79 Å². The predicted octanol–water partition coefficient (Wildman–Crippen LogP) is 4.26. The lowest BCUT2D eigenvalue weighted by molar-refractivity contribution is -0.116. The molecule has 28 heavy (non-hydrogen) atoms. The maximum absolute atomic E-state index is 13.2. The Morgan fingerprint density at radius 3 is 2.50 bits per heavy atom. The summed E-state index contributed by atoms with van der Waals surface area (Å²) in [6.45, 7) is 1.86. The Bertz CT molecular complexity index is 1060. The molecule has 142 valence electrons. The number of aromatic nitrogens is 2. The topological polar surface area (TPSA) is 73.2 Å². The molecule has 0 saturated carbocycles. The van der Waals surface area contributed by atoms with Crippen LogP contribution in [0.3, 0.4) is 0 Å². The number of rotatable bonds is 4. The van der Waals surface area contributed by atoms with E-state index in [1.807, 2.05) is 43.3 Å². The number of hydrogen-bond donors (Lipinski definition) is 1. The Hall–Kier alpha value is -2.93. The molecule has 1 aromatic heterocycles. The van der Waals surface area contributed by atoms with Crippen LogP contribution < -0.4 is 10.1 Å². The molecule has 0 fully saturated rings. The fourth-order valence-corrected chi connectivity index (χ4v) is 3.76. The highest BCUT2D eigenvalue weighted by atomic mass is 79.9. The van der Waals surface area contributed by atoms with E-state index < -0.39 is 5.92 Å². The molecule has 0 radical (unpaired) electrons. The van der Waals surface area contributed by atoms with Gasteiger partial charge < -0.3 is 10.1 Å². The molecular weight excluding hydrogens is 422 g/mol. The SMILES string of the molecule is COc1ccc(-n2nc(C)c3c2NC(=O)C[C@@H]3C(=O)c2ccc(Br)cc2)cc1. The van der Waals surface area contributed by atoms with Gasteiger partial charge in [0.15, 0.2) is 5.78 Å². The molecule has 1 amide bonds. The molecule has 1 aliphatic rings. The molecule has 0 saturated heterocycles. The number of carbonyl (C=O) groups excluding carboxylic acids is 2. The molecule has 0 bridgehead atoms. The molecule has 3 aromatic rings. The van der Waals surface area contributed by atoms with Gasteiger partial charge in [-0.2, -0.15) is 5.10 Å². The van der Waals surface area contributed by atoms with Crippen molar-refractivity contribution in [2.45, 2.75) is 19.3 Å². The van der Waals surface area contributed by atoms with Crippen molar-refractivity contribution >= 4 is 33.4 Å². The number of methoxy groups -OCH3 is 1. The van der Waals surface area contributed by atoms with Crippen LogP contribution in [0, 0.1) is 6.92 Å². The first-order chi connectivity index (χ1) is 13.5. The number of anilines is 1. The number of nitrogens with zero attached hydrogens (tertiary/aromatic N) is 2. The van der Waals surface area contributed by atoms with Gasteiger partial charge in [0.2, 0.25) is 5.91 Å². The Morgan fingerprint density at radius 2 is 1.86 bits per heavy atom. The first kappa shape index (κ1) is 18.4. The number of amides is 1. The van der Waals surface area contributed by atoms with Crippen molar-refractivity contribution in [3.05, 3.63) is 69.8 Å². The van der Waals surface area contributed by atoms with Crippen molar-refractivity contribution in [2.75, 3.05) is 12.4 Å². The van der Waals surface area contributed by atoms with Crippen molar-refractivity contribution < 1.29 is 14.3 Å². The van der Waals surface area contributed by atoms with E-state index in [0.717, 1.165) is 27.2 Å². The van der Waals surface area contributed by atoms with Crippen molar-refractivity contribution in [3.8, 4) is 11.4 Å². The van der Waals surface area contributed by atoms with E-state index in [-0.39, 0.29) is 18.1 Å². The standard InChI is InChI=1S/C21H18BrN3O3/c1-12-19-17(20(27)13-3-5-14(22)6-4-13)11-18(26)23-21(19)25(24-12)15-7-9-16(28-2)10-8-15/h3-10,17H,11H2,1-2H3,(H,23,26)/t17-/m0/s1. The number of ether oxygens (including phenoxy) is 1. The molecular formula is C21H18BrN3O3. The third-order valence-corrected chi connectivity index (χ3v) is 5.39. The van der Waals surface area contributed by atoms with Gasteiger partial charge in [-0.3, -0.25) is 9.59 Å². The van der Waals surface area contributed by atoms with Crippen LogP contribution in [0.2, 0.25) is 0 Å². The van der Waals surface area contributed by atoms with Crippen molar-refractivity contribution in [3.63, 3.8) is 0 Å². The van der Waals surface area contributed by atoms with Gasteiger partial charge in [-0.25, -0.2) is 4.68 Å². The quantitative estimate of drug-likeness (QED) is 0.616. The highest BCUT2D eigenvalue weighted by molar-refractivity contribution is 9.10. The first-order valence-electron chi connectivity index (χ1n) is 8.81. The van der Waals surface area contributed by atoms with E-state index in [0.29, 0.717) is 11.4 Å². The molecule has 0 aliphatic carbocycles. The normalized spacial score (nSPS) is 15.7. The summed E-state index contributed by atoms with van der Waals surface area (Å²) in [6, 6.07) is 14.6. The Balaban J connectivity index is 1.78. The summed E-state index contributed by atoms with van der Waals surface area (Å²) in [4.78, 5) is 25.5.